The summed E-state index contributed by atoms with van der Waals surface area (Å²) in [6.45, 7) is 3.79. The lowest BCUT2D eigenvalue weighted by molar-refractivity contribution is 0.235. The Hall–Kier alpha value is -1.27. The molecule has 1 unspecified atom stereocenters. The Morgan fingerprint density at radius 1 is 1.42 bits per heavy atom. The molecule has 0 aromatic carbocycles. The lowest BCUT2D eigenvalue weighted by Crippen LogP contribution is -2.23. The van der Waals surface area contributed by atoms with Crippen molar-refractivity contribution in [1.29, 1.82) is 0 Å². The van der Waals surface area contributed by atoms with E-state index in [0.29, 0.717) is 6.04 Å². The second-order valence-electron chi connectivity index (χ2n) is 4.86. The highest BCUT2D eigenvalue weighted by Crippen LogP contribution is 2.33. The van der Waals surface area contributed by atoms with Crippen LogP contribution in [-0.4, -0.2) is 26.7 Å². The van der Waals surface area contributed by atoms with Crippen molar-refractivity contribution in [1.82, 2.24) is 20.2 Å². The van der Waals surface area contributed by atoms with Crippen molar-refractivity contribution in [3.8, 4) is 0 Å². The van der Waals surface area contributed by atoms with E-state index in [0.717, 1.165) is 35.4 Å². The van der Waals surface area contributed by atoms with E-state index in [-0.39, 0.29) is 0 Å². The molecule has 2 aromatic rings. The normalized spacial score (nSPS) is 20.0. The molecule has 5 nitrogen and oxygen atoms in total. The van der Waals surface area contributed by atoms with Gasteiger partial charge >= 0.3 is 0 Å². The van der Waals surface area contributed by atoms with E-state index in [1.165, 1.54) is 12.0 Å². The summed E-state index contributed by atoms with van der Waals surface area (Å²) in [4.78, 5) is 6.67. The predicted molar refractivity (Wildman–Crippen MR) is 73.4 cm³/mol. The minimum Gasteiger partial charge on any atom is -0.290 e. The Bertz CT molecular complexity index is 571. The maximum absolute atomic E-state index is 4.77. The van der Waals surface area contributed by atoms with Gasteiger partial charge < -0.3 is 0 Å². The molecule has 3 rings (SSSR count). The zero-order valence-corrected chi connectivity index (χ0v) is 12.3. The lowest BCUT2D eigenvalue weighted by Gasteiger charge is -2.23. The number of aromatic nitrogens is 3. The molecule has 0 N–H and O–H groups in total. The Morgan fingerprint density at radius 3 is 3.05 bits per heavy atom. The van der Waals surface area contributed by atoms with Gasteiger partial charge in [0.1, 0.15) is 11.4 Å². The number of nitrogens with zero attached hydrogens (tertiary/aromatic N) is 4. The molecule has 0 bridgehead atoms. The maximum Gasteiger partial charge on any atom is 0.122 e. The Labute approximate surface area is 120 Å². The second-order valence-corrected chi connectivity index (χ2v) is 5.78. The Balaban J connectivity index is 1.80. The molecular formula is C13H15BrN4O. The number of hydrogen-bond acceptors (Lipinski definition) is 5. The molecule has 1 aliphatic heterocycles. The minimum atomic E-state index is 0.404. The zero-order chi connectivity index (χ0) is 13.2. The molecule has 0 aliphatic carbocycles. The molecule has 1 atom stereocenters. The topological polar surface area (TPSA) is 55.1 Å². The van der Waals surface area contributed by atoms with Crippen molar-refractivity contribution in [3.63, 3.8) is 0 Å². The largest absolute Gasteiger partial charge is 0.290 e. The average molecular weight is 323 g/mol. The van der Waals surface area contributed by atoms with E-state index in [1.54, 1.807) is 0 Å². The van der Waals surface area contributed by atoms with E-state index in [2.05, 4.69) is 42.2 Å². The van der Waals surface area contributed by atoms with Crippen LogP contribution in [0.2, 0.25) is 0 Å². The van der Waals surface area contributed by atoms with Crippen molar-refractivity contribution in [2.75, 3.05) is 6.54 Å². The third-order valence-electron chi connectivity index (χ3n) is 3.57. The fraction of sp³-hybridized carbons (Fsp3) is 0.462. The standard InChI is InChI=1S/C13H15BrN4O/c1-9-12(17-19-16-9)8-18-4-2-3-13(18)10-5-11(14)7-15-6-10/h5-7,13H,2-4,8H2,1H3. The number of rotatable bonds is 3. The Kier molecular flexibility index (Phi) is 3.61. The van der Waals surface area contributed by atoms with Gasteiger partial charge in [-0.15, -0.1) is 0 Å². The van der Waals surface area contributed by atoms with Crippen molar-refractivity contribution in [3.05, 3.63) is 39.9 Å². The summed E-state index contributed by atoms with van der Waals surface area (Å²) in [5.74, 6) is 0. The van der Waals surface area contributed by atoms with E-state index < -0.39 is 0 Å². The number of likely N-dealkylation sites (tertiary alicyclic amines) is 1. The summed E-state index contributed by atoms with van der Waals surface area (Å²) < 4.78 is 5.79. The maximum atomic E-state index is 4.77. The Morgan fingerprint density at radius 2 is 2.32 bits per heavy atom. The number of halogens is 1. The van der Waals surface area contributed by atoms with Gasteiger partial charge in [0, 0.05) is 29.5 Å². The molecule has 100 valence electrons. The quantitative estimate of drug-likeness (QED) is 0.869. The third kappa shape index (κ3) is 2.69. The lowest BCUT2D eigenvalue weighted by atomic mass is 10.1. The number of aryl methyl sites for hydroxylation is 1. The number of hydrogen-bond donors (Lipinski definition) is 0. The molecule has 1 fully saturated rings. The van der Waals surface area contributed by atoms with E-state index in [1.807, 2.05) is 19.3 Å². The number of pyridine rings is 1. The zero-order valence-electron chi connectivity index (χ0n) is 10.7. The summed E-state index contributed by atoms with van der Waals surface area (Å²) in [5.41, 5.74) is 3.05. The third-order valence-corrected chi connectivity index (χ3v) is 4.01. The molecule has 3 heterocycles. The molecule has 1 aliphatic rings. The fourth-order valence-corrected chi connectivity index (χ4v) is 2.97. The highest BCUT2D eigenvalue weighted by atomic mass is 79.9. The van der Waals surface area contributed by atoms with Crippen LogP contribution in [0.5, 0.6) is 0 Å². The van der Waals surface area contributed by atoms with Gasteiger partial charge in [-0.25, -0.2) is 4.63 Å². The van der Waals surface area contributed by atoms with Crippen molar-refractivity contribution in [2.45, 2.75) is 32.4 Å². The van der Waals surface area contributed by atoms with Crippen molar-refractivity contribution < 1.29 is 4.63 Å². The van der Waals surface area contributed by atoms with Gasteiger partial charge in [0.05, 0.1) is 0 Å². The van der Waals surface area contributed by atoms with Gasteiger partial charge in [0.25, 0.3) is 0 Å². The van der Waals surface area contributed by atoms with Crippen LogP contribution in [0.25, 0.3) is 0 Å². The molecule has 0 saturated carbocycles. The molecule has 0 radical (unpaired) electrons. The second kappa shape index (κ2) is 5.38. The van der Waals surface area contributed by atoms with Crippen LogP contribution in [0.1, 0.15) is 35.8 Å². The van der Waals surface area contributed by atoms with Gasteiger partial charge in [-0.05, 0) is 53.9 Å². The molecule has 0 amide bonds. The molecular weight excluding hydrogens is 308 g/mol. The first kappa shape index (κ1) is 12.7. The first-order valence-electron chi connectivity index (χ1n) is 6.36. The molecule has 6 heteroatoms. The van der Waals surface area contributed by atoms with Gasteiger partial charge in [-0.2, -0.15) is 0 Å². The van der Waals surface area contributed by atoms with Gasteiger partial charge in [0.15, 0.2) is 0 Å². The predicted octanol–water partition coefficient (Wildman–Crippen LogP) is 2.87. The van der Waals surface area contributed by atoms with Gasteiger partial charge in [-0.1, -0.05) is 10.3 Å². The molecule has 0 spiro atoms. The summed E-state index contributed by atoms with van der Waals surface area (Å²) in [5, 5.41) is 7.81. The van der Waals surface area contributed by atoms with Crippen LogP contribution in [0.3, 0.4) is 0 Å². The molecule has 19 heavy (non-hydrogen) atoms. The van der Waals surface area contributed by atoms with Crippen molar-refractivity contribution in [2.24, 2.45) is 0 Å². The first-order valence-corrected chi connectivity index (χ1v) is 7.16. The van der Waals surface area contributed by atoms with E-state index >= 15 is 0 Å². The monoisotopic (exact) mass is 322 g/mol. The minimum absolute atomic E-state index is 0.404. The van der Waals surface area contributed by atoms with Crippen molar-refractivity contribution >= 4 is 15.9 Å². The molecule has 2 aromatic heterocycles. The highest BCUT2D eigenvalue weighted by molar-refractivity contribution is 9.10. The van der Waals surface area contributed by atoms with Crippen LogP contribution < -0.4 is 0 Å². The van der Waals surface area contributed by atoms with E-state index in [4.69, 9.17) is 4.63 Å². The first-order chi connectivity index (χ1) is 9.24. The van der Waals surface area contributed by atoms with E-state index in [9.17, 15) is 0 Å². The van der Waals surface area contributed by atoms with Crippen LogP contribution in [0, 0.1) is 6.92 Å². The molecule has 1 saturated heterocycles. The fourth-order valence-electron chi connectivity index (χ4n) is 2.59. The highest BCUT2D eigenvalue weighted by Gasteiger charge is 2.27. The van der Waals surface area contributed by atoms with Crippen LogP contribution >= 0.6 is 15.9 Å². The SMILES string of the molecule is Cc1nonc1CN1CCCC1c1cncc(Br)c1. The van der Waals surface area contributed by atoms with Gasteiger partial charge in [0.2, 0.25) is 0 Å². The van der Waals surface area contributed by atoms with Crippen LogP contribution in [0.15, 0.2) is 27.6 Å². The smallest absolute Gasteiger partial charge is 0.122 e. The summed E-state index contributed by atoms with van der Waals surface area (Å²) in [6.07, 6.45) is 6.11. The summed E-state index contributed by atoms with van der Waals surface area (Å²) in [6, 6.07) is 2.55. The van der Waals surface area contributed by atoms with Crippen LogP contribution in [-0.2, 0) is 6.54 Å². The van der Waals surface area contributed by atoms with Crippen LogP contribution in [0.4, 0.5) is 0 Å². The average Bonchev–Trinajstić information content (AvgIpc) is 3.00. The summed E-state index contributed by atoms with van der Waals surface area (Å²) in [7, 11) is 0. The van der Waals surface area contributed by atoms with Gasteiger partial charge in [-0.3, -0.25) is 9.88 Å². The summed E-state index contributed by atoms with van der Waals surface area (Å²) >= 11 is 3.48.